The fourth-order valence-electron chi connectivity index (χ4n) is 0.806. The highest BCUT2D eigenvalue weighted by atomic mass is 32.2. The molecule has 0 aromatic carbocycles. The van der Waals surface area contributed by atoms with Crippen molar-refractivity contribution in [3.63, 3.8) is 0 Å². The Morgan fingerprint density at radius 3 is 2.67 bits per heavy atom. The molecule has 0 unspecified atom stereocenters. The van der Waals surface area contributed by atoms with Crippen molar-refractivity contribution < 1.29 is 10.2 Å². The lowest BCUT2D eigenvalue weighted by molar-refractivity contribution is 0.174. The summed E-state index contributed by atoms with van der Waals surface area (Å²) in [5, 5.41) is 17.8. The van der Waals surface area contributed by atoms with E-state index in [1.807, 2.05) is 0 Å². The highest BCUT2D eigenvalue weighted by Gasteiger charge is 2.27. The van der Waals surface area contributed by atoms with Gasteiger partial charge in [-0.1, -0.05) is 6.58 Å². The van der Waals surface area contributed by atoms with Crippen molar-refractivity contribution in [3.8, 4) is 0 Å². The maximum absolute atomic E-state index is 9.18. The van der Waals surface area contributed by atoms with Crippen LogP contribution in [0.15, 0.2) is 12.2 Å². The Hall–Kier alpha value is 0.01000. The molecule has 2 N–H and O–H groups in total. The van der Waals surface area contributed by atoms with Gasteiger partial charge in [0.1, 0.15) is 0 Å². The number of thioether (sulfide) groups is 1. The first-order valence-electron chi connectivity index (χ1n) is 2.84. The SMILES string of the molecule is C=C1CS[C@@H](CO)[C@@H]1O. The average Bonchev–Trinajstić information content (AvgIpc) is 2.15. The zero-order chi connectivity index (χ0) is 6.85. The number of rotatable bonds is 1. The first-order valence-corrected chi connectivity index (χ1v) is 3.88. The first kappa shape index (κ1) is 7.12. The molecular formula is C6H10O2S. The van der Waals surface area contributed by atoms with Crippen LogP contribution in [0, 0.1) is 0 Å². The fraction of sp³-hybridized carbons (Fsp3) is 0.667. The van der Waals surface area contributed by atoms with Crippen molar-refractivity contribution in [3.05, 3.63) is 12.2 Å². The van der Waals surface area contributed by atoms with E-state index in [2.05, 4.69) is 6.58 Å². The Labute approximate surface area is 58.6 Å². The highest BCUT2D eigenvalue weighted by Crippen LogP contribution is 2.29. The van der Waals surface area contributed by atoms with Crippen molar-refractivity contribution >= 4 is 11.8 Å². The van der Waals surface area contributed by atoms with Crippen molar-refractivity contribution in [2.24, 2.45) is 0 Å². The summed E-state index contributed by atoms with van der Waals surface area (Å²) in [5.74, 6) is 0.784. The standard InChI is InChI=1S/C6H10O2S/c1-4-3-9-5(2-7)6(4)8/h5-8H,1-3H2/t5-,6+/m0/s1. The van der Waals surface area contributed by atoms with E-state index in [0.717, 1.165) is 11.3 Å². The summed E-state index contributed by atoms with van der Waals surface area (Å²) in [5.41, 5.74) is 0.832. The minimum atomic E-state index is -0.486. The number of aliphatic hydroxyl groups excluding tert-OH is 2. The van der Waals surface area contributed by atoms with E-state index in [9.17, 15) is 5.11 Å². The molecule has 0 radical (unpaired) electrons. The molecule has 1 saturated heterocycles. The lowest BCUT2D eigenvalue weighted by Gasteiger charge is -2.08. The summed E-state index contributed by atoms with van der Waals surface area (Å²) in [6.07, 6.45) is -0.486. The molecule has 0 saturated carbocycles. The van der Waals surface area contributed by atoms with Gasteiger partial charge in [0.2, 0.25) is 0 Å². The van der Waals surface area contributed by atoms with Gasteiger partial charge in [0.05, 0.1) is 18.0 Å². The smallest absolute Gasteiger partial charge is 0.0896 e. The monoisotopic (exact) mass is 146 g/mol. The quantitative estimate of drug-likeness (QED) is 0.512. The molecule has 1 aliphatic heterocycles. The van der Waals surface area contributed by atoms with Gasteiger partial charge in [-0.15, -0.1) is 11.8 Å². The number of hydrogen-bond donors (Lipinski definition) is 2. The Morgan fingerprint density at radius 2 is 2.44 bits per heavy atom. The van der Waals surface area contributed by atoms with Gasteiger partial charge in [0.15, 0.2) is 0 Å². The van der Waals surface area contributed by atoms with Crippen LogP contribution >= 0.6 is 11.8 Å². The molecule has 0 bridgehead atoms. The summed E-state index contributed by atoms with van der Waals surface area (Å²) in [6.45, 7) is 3.70. The Kier molecular flexibility index (Phi) is 2.16. The van der Waals surface area contributed by atoms with Gasteiger partial charge in [-0.25, -0.2) is 0 Å². The molecule has 3 heteroatoms. The van der Waals surface area contributed by atoms with Crippen LogP contribution in [-0.4, -0.2) is 33.9 Å². The number of aliphatic hydroxyl groups is 2. The molecule has 0 spiro atoms. The predicted octanol–water partition coefficient (Wildman–Crippen LogP) is 0.0112. The Bertz CT molecular complexity index is 124. The minimum Gasteiger partial charge on any atom is -0.395 e. The molecule has 1 fully saturated rings. The van der Waals surface area contributed by atoms with Crippen LogP contribution in [0.5, 0.6) is 0 Å². The van der Waals surface area contributed by atoms with Crippen molar-refractivity contribution in [2.45, 2.75) is 11.4 Å². The maximum Gasteiger partial charge on any atom is 0.0896 e. The van der Waals surface area contributed by atoms with Crippen LogP contribution < -0.4 is 0 Å². The van der Waals surface area contributed by atoms with E-state index in [4.69, 9.17) is 5.11 Å². The predicted molar refractivity (Wildman–Crippen MR) is 38.5 cm³/mol. The number of hydrogen-bond acceptors (Lipinski definition) is 3. The molecule has 0 amide bonds. The van der Waals surface area contributed by atoms with Gasteiger partial charge in [0, 0.05) is 5.75 Å². The van der Waals surface area contributed by atoms with Crippen LogP contribution in [0.3, 0.4) is 0 Å². The van der Waals surface area contributed by atoms with Gasteiger partial charge >= 0.3 is 0 Å². The molecule has 0 aliphatic carbocycles. The lowest BCUT2D eigenvalue weighted by Crippen LogP contribution is -2.21. The van der Waals surface area contributed by atoms with E-state index in [0.29, 0.717) is 0 Å². The minimum absolute atomic E-state index is 0.0301. The second-order valence-corrected chi connectivity index (χ2v) is 3.36. The molecular weight excluding hydrogens is 136 g/mol. The maximum atomic E-state index is 9.18. The van der Waals surface area contributed by atoms with Gasteiger partial charge in [-0.3, -0.25) is 0 Å². The van der Waals surface area contributed by atoms with E-state index in [1.165, 1.54) is 0 Å². The summed E-state index contributed by atoms with van der Waals surface area (Å²) in [6, 6.07) is 0. The van der Waals surface area contributed by atoms with Crippen molar-refractivity contribution in [1.82, 2.24) is 0 Å². The molecule has 1 heterocycles. The van der Waals surface area contributed by atoms with Gasteiger partial charge in [-0.05, 0) is 5.57 Å². The Morgan fingerprint density at radius 1 is 1.78 bits per heavy atom. The van der Waals surface area contributed by atoms with E-state index in [-0.39, 0.29) is 11.9 Å². The van der Waals surface area contributed by atoms with Crippen molar-refractivity contribution in [2.75, 3.05) is 12.4 Å². The molecule has 9 heavy (non-hydrogen) atoms. The lowest BCUT2D eigenvalue weighted by atomic mass is 10.1. The van der Waals surface area contributed by atoms with E-state index in [1.54, 1.807) is 11.8 Å². The molecule has 0 aromatic rings. The molecule has 1 aliphatic rings. The van der Waals surface area contributed by atoms with Crippen LogP contribution in [0.2, 0.25) is 0 Å². The van der Waals surface area contributed by atoms with Crippen molar-refractivity contribution in [1.29, 1.82) is 0 Å². The summed E-state index contributed by atoms with van der Waals surface area (Å²) in [7, 11) is 0. The van der Waals surface area contributed by atoms with Crippen LogP contribution in [-0.2, 0) is 0 Å². The second kappa shape index (κ2) is 2.73. The third-order valence-corrected chi connectivity index (χ3v) is 2.81. The van der Waals surface area contributed by atoms with E-state index >= 15 is 0 Å². The van der Waals surface area contributed by atoms with Crippen LogP contribution in [0.25, 0.3) is 0 Å². The van der Waals surface area contributed by atoms with Crippen LogP contribution in [0.1, 0.15) is 0 Å². The third-order valence-electron chi connectivity index (χ3n) is 1.43. The average molecular weight is 146 g/mol. The highest BCUT2D eigenvalue weighted by molar-refractivity contribution is 8.00. The largest absolute Gasteiger partial charge is 0.395 e. The van der Waals surface area contributed by atoms with Gasteiger partial charge < -0.3 is 10.2 Å². The zero-order valence-corrected chi connectivity index (χ0v) is 5.90. The fourth-order valence-corrected chi connectivity index (χ4v) is 1.89. The normalized spacial score (nSPS) is 35.6. The third kappa shape index (κ3) is 1.28. The first-order chi connectivity index (χ1) is 4.25. The Balaban J connectivity index is 2.51. The molecule has 0 aromatic heterocycles. The zero-order valence-electron chi connectivity index (χ0n) is 5.08. The summed E-state index contributed by atoms with van der Waals surface area (Å²) < 4.78 is 0. The molecule has 52 valence electrons. The topological polar surface area (TPSA) is 40.5 Å². The molecule has 2 nitrogen and oxygen atoms in total. The van der Waals surface area contributed by atoms with Crippen LogP contribution in [0.4, 0.5) is 0 Å². The second-order valence-electron chi connectivity index (χ2n) is 2.14. The van der Waals surface area contributed by atoms with Gasteiger partial charge in [0.25, 0.3) is 0 Å². The van der Waals surface area contributed by atoms with E-state index < -0.39 is 6.10 Å². The summed E-state index contributed by atoms with van der Waals surface area (Å²) >= 11 is 1.56. The molecule has 2 atom stereocenters. The molecule has 1 rings (SSSR count). The summed E-state index contributed by atoms with van der Waals surface area (Å²) in [4.78, 5) is 0. The van der Waals surface area contributed by atoms with Gasteiger partial charge in [-0.2, -0.15) is 0 Å².